The fourth-order valence-corrected chi connectivity index (χ4v) is 4.45. The minimum absolute atomic E-state index is 0.0159. The van der Waals surface area contributed by atoms with E-state index in [0.717, 1.165) is 38.5 Å². The van der Waals surface area contributed by atoms with Crippen LogP contribution in [0.2, 0.25) is 0 Å². The van der Waals surface area contributed by atoms with Gasteiger partial charge in [0.1, 0.15) is 12.2 Å². The molecule has 0 N–H and O–H groups in total. The molecule has 6 atom stereocenters. The normalized spacial score (nSPS) is 35.3. The van der Waals surface area contributed by atoms with Crippen LogP contribution in [0.5, 0.6) is 0 Å². The first-order chi connectivity index (χ1) is 12.6. The molecule has 0 bridgehead atoms. The number of fused-ring (bicyclic) bond motifs is 2. The average molecular weight is 360 g/mol. The van der Waals surface area contributed by atoms with Crippen molar-refractivity contribution < 1.29 is 19.1 Å². The number of hydrogen-bond donors (Lipinski definition) is 0. The molecule has 26 heavy (non-hydrogen) atoms. The standard InChI is InChI=1S/2C11H16O2/c2*1-2-4-11(12)13-10-7-8-5-3-6-9(8)10/h2*3,5,8-10H,2,4,6-7H2,1H3/t8-,9+,10-;8-,9-,10+/m10/s1. The van der Waals surface area contributed by atoms with E-state index in [-0.39, 0.29) is 24.1 Å². The maximum absolute atomic E-state index is 11.2. The van der Waals surface area contributed by atoms with Gasteiger partial charge in [-0.3, -0.25) is 9.59 Å². The van der Waals surface area contributed by atoms with Crippen molar-refractivity contribution in [3.05, 3.63) is 24.3 Å². The van der Waals surface area contributed by atoms with E-state index in [0.29, 0.717) is 36.5 Å². The molecule has 4 aliphatic rings. The Labute approximate surface area is 157 Å². The van der Waals surface area contributed by atoms with Crippen LogP contribution < -0.4 is 0 Å². The molecule has 2 fully saturated rings. The van der Waals surface area contributed by atoms with Gasteiger partial charge in [0.05, 0.1) is 0 Å². The fourth-order valence-electron chi connectivity index (χ4n) is 4.45. The second kappa shape index (κ2) is 8.88. The third-order valence-corrected chi connectivity index (χ3v) is 6.12. The minimum Gasteiger partial charge on any atom is -0.462 e. The summed E-state index contributed by atoms with van der Waals surface area (Å²) in [6.07, 6.45) is 16.6. The maximum atomic E-state index is 11.2. The highest BCUT2D eigenvalue weighted by Gasteiger charge is 2.44. The molecular weight excluding hydrogens is 328 g/mol. The van der Waals surface area contributed by atoms with Crippen molar-refractivity contribution in [2.45, 2.75) is 77.4 Å². The lowest BCUT2D eigenvalue weighted by molar-refractivity contribution is -0.161. The van der Waals surface area contributed by atoms with Gasteiger partial charge >= 0.3 is 11.9 Å². The molecule has 4 rings (SSSR count). The molecule has 0 spiro atoms. The van der Waals surface area contributed by atoms with Gasteiger partial charge < -0.3 is 9.47 Å². The number of carbonyl (C=O) groups is 2. The van der Waals surface area contributed by atoms with Crippen molar-refractivity contribution in [3.8, 4) is 0 Å². The van der Waals surface area contributed by atoms with Crippen LogP contribution in [0.15, 0.2) is 24.3 Å². The first-order valence-corrected chi connectivity index (χ1v) is 10.3. The van der Waals surface area contributed by atoms with Gasteiger partial charge in [-0.1, -0.05) is 38.2 Å². The highest BCUT2D eigenvalue weighted by atomic mass is 16.5. The van der Waals surface area contributed by atoms with Crippen molar-refractivity contribution in [1.82, 2.24) is 0 Å². The molecule has 0 amide bonds. The second-order valence-corrected chi connectivity index (χ2v) is 8.01. The summed E-state index contributed by atoms with van der Waals surface area (Å²) in [6.45, 7) is 4.00. The molecular formula is C22H32O4. The summed E-state index contributed by atoms with van der Waals surface area (Å²) in [7, 11) is 0. The van der Waals surface area contributed by atoms with Gasteiger partial charge in [-0.2, -0.15) is 0 Å². The van der Waals surface area contributed by atoms with E-state index in [9.17, 15) is 9.59 Å². The third-order valence-electron chi connectivity index (χ3n) is 6.12. The topological polar surface area (TPSA) is 52.6 Å². The zero-order valence-corrected chi connectivity index (χ0v) is 16.1. The molecule has 4 heteroatoms. The van der Waals surface area contributed by atoms with Crippen LogP contribution in [-0.4, -0.2) is 24.1 Å². The first kappa shape index (κ1) is 19.2. The fraction of sp³-hybridized carbons (Fsp3) is 0.727. The van der Waals surface area contributed by atoms with Crippen molar-refractivity contribution in [1.29, 1.82) is 0 Å². The average Bonchev–Trinajstić information content (AvgIpc) is 3.14. The summed E-state index contributed by atoms with van der Waals surface area (Å²) in [5.41, 5.74) is 0. The van der Waals surface area contributed by atoms with Crippen LogP contribution in [0.1, 0.15) is 65.2 Å². The van der Waals surface area contributed by atoms with Crippen molar-refractivity contribution in [2.24, 2.45) is 23.7 Å². The number of allylic oxidation sites excluding steroid dienone is 4. The Hall–Kier alpha value is -1.58. The molecule has 0 aromatic heterocycles. The van der Waals surface area contributed by atoms with E-state index in [1.165, 1.54) is 0 Å². The van der Waals surface area contributed by atoms with Crippen LogP contribution in [0.4, 0.5) is 0 Å². The van der Waals surface area contributed by atoms with E-state index >= 15 is 0 Å². The van der Waals surface area contributed by atoms with Gasteiger partial charge in [0.25, 0.3) is 0 Å². The van der Waals surface area contributed by atoms with Crippen LogP contribution in [0.25, 0.3) is 0 Å². The molecule has 2 saturated carbocycles. The molecule has 0 aromatic carbocycles. The van der Waals surface area contributed by atoms with Gasteiger partial charge in [-0.25, -0.2) is 0 Å². The van der Waals surface area contributed by atoms with Gasteiger partial charge in [-0.15, -0.1) is 0 Å². The largest absolute Gasteiger partial charge is 0.462 e. The molecule has 0 aliphatic heterocycles. The Morgan fingerprint density at radius 1 is 0.808 bits per heavy atom. The summed E-state index contributed by atoms with van der Waals surface area (Å²) in [5.74, 6) is 2.61. The molecule has 0 radical (unpaired) electrons. The number of ether oxygens (including phenoxy) is 2. The van der Waals surface area contributed by atoms with Gasteiger partial charge in [-0.05, 0) is 50.4 Å². The monoisotopic (exact) mass is 360 g/mol. The summed E-state index contributed by atoms with van der Waals surface area (Å²) < 4.78 is 10.7. The predicted molar refractivity (Wildman–Crippen MR) is 100 cm³/mol. The van der Waals surface area contributed by atoms with Crippen LogP contribution >= 0.6 is 0 Å². The molecule has 0 heterocycles. The summed E-state index contributed by atoms with van der Waals surface area (Å²) in [5, 5.41) is 0. The van der Waals surface area contributed by atoms with Crippen molar-refractivity contribution in [2.75, 3.05) is 0 Å². The second-order valence-electron chi connectivity index (χ2n) is 8.01. The van der Waals surface area contributed by atoms with E-state index in [1.807, 2.05) is 13.8 Å². The maximum Gasteiger partial charge on any atom is 0.306 e. The Kier molecular flexibility index (Phi) is 6.55. The smallest absolute Gasteiger partial charge is 0.306 e. The SMILES string of the molecule is CCCC(=O)O[C@@H]1C[C@@H]2C=CC[C@@H]21.CCCC(=O)O[C@@H]1C[C@H]2C=CC[C@@H]21. The van der Waals surface area contributed by atoms with E-state index < -0.39 is 0 Å². The first-order valence-electron chi connectivity index (χ1n) is 10.3. The third kappa shape index (κ3) is 4.39. The van der Waals surface area contributed by atoms with Gasteiger partial charge in [0.2, 0.25) is 0 Å². The molecule has 0 unspecified atom stereocenters. The number of carbonyl (C=O) groups excluding carboxylic acids is 2. The van der Waals surface area contributed by atoms with Crippen LogP contribution in [-0.2, 0) is 19.1 Å². The lowest BCUT2D eigenvalue weighted by Crippen LogP contribution is -2.41. The van der Waals surface area contributed by atoms with E-state index in [2.05, 4.69) is 24.3 Å². The Balaban J connectivity index is 0.000000151. The number of esters is 2. The molecule has 144 valence electrons. The van der Waals surface area contributed by atoms with Crippen molar-refractivity contribution >= 4 is 11.9 Å². The lowest BCUT2D eigenvalue weighted by Gasteiger charge is -2.39. The number of hydrogen-bond acceptors (Lipinski definition) is 4. The lowest BCUT2D eigenvalue weighted by atomic mass is 9.73. The summed E-state index contributed by atoms with van der Waals surface area (Å²) >= 11 is 0. The molecule has 0 aromatic rings. The Morgan fingerprint density at radius 2 is 1.23 bits per heavy atom. The number of rotatable bonds is 6. The van der Waals surface area contributed by atoms with E-state index in [1.54, 1.807) is 0 Å². The van der Waals surface area contributed by atoms with Crippen molar-refractivity contribution in [3.63, 3.8) is 0 Å². The predicted octanol–water partition coefficient (Wildman–Crippen LogP) is 4.59. The zero-order chi connectivity index (χ0) is 18.5. The highest BCUT2D eigenvalue weighted by Crippen LogP contribution is 2.45. The highest BCUT2D eigenvalue weighted by molar-refractivity contribution is 5.70. The Morgan fingerprint density at radius 3 is 1.58 bits per heavy atom. The van der Waals surface area contributed by atoms with Gasteiger partial charge in [0, 0.05) is 24.7 Å². The van der Waals surface area contributed by atoms with Crippen LogP contribution in [0, 0.1) is 23.7 Å². The molecule has 4 nitrogen and oxygen atoms in total. The molecule has 4 aliphatic carbocycles. The zero-order valence-electron chi connectivity index (χ0n) is 16.1. The van der Waals surface area contributed by atoms with Gasteiger partial charge in [0.15, 0.2) is 0 Å². The summed E-state index contributed by atoms with van der Waals surface area (Å²) in [6, 6.07) is 0. The van der Waals surface area contributed by atoms with E-state index in [4.69, 9.17) is 9.47 Å². The van der Waals surface area contributed by atoms with Crippen LogP contribution in [0.3, 0.4) is 0 Å². The summed E-state index contributed by atoms with van der Waals surface area (Å²) in [4.78, 5) is 22.4. The molecule has 0 saturated heterocycles. The minimum atomic E-state index is -0.0159. The quantitative estimate of drug-likeness (QED) is 0.513. The Bertz CT molecular complexity index is 514.